The highest BCUT2D eigenvalue weighted by Gasteiger charge is 2.09. The second kappa shape index (κ2) is 9.07. The normalized spacial score (nSPS) is 12.1. The molecule has 3 aromatic rings. The lowest BCUT2D eigenvalue weighted by Gasteiger charge is -2.10. The number of para-hydroxylation sites is 2. The molecule has 3 heteroatoms. The number of rotatable bonds is 5. The van der Waals surface area contributed by atoms with Gasteiger partial charge in [-0.15, -0.1) is 0 Å². The molecule has 0 radical (unpaired) electrons. The van der Waals surface area contributed by atoms with E-state index in [1.54, 1.807) is 18.0 Å². The third kappa shape index (κ3) is 5.11. The van der Waals surface area contributed by atoms with E-state index in [0.29, 0.717) is 0 Å². The first kappa shape index (κ1) is 18.0. The van der Waals surface area contributed by atoms with Gasteiger partial charge in [0.15, 0.2) is 0 Å². The van der Waals surface area contributed by atoms with Crippen molar-refractivity contribution in [1.29, 1.82) is 0 Å². The number of aliphatic imine (C=N–C) groups is 1. The summed E-state index contributed by atoms with van der Waals surface area (Å²) in [5.74, 6) is 0.812. The lowest BCUT2D eigenvalue weighted by molar-refractivity contribution is 0.478. The van der Waals surface area contributed by atoms with Crippen molar-refractivity contribution in [3.8, 4) is 5.75 Å². The van der Waals surface area contributed by atoms with E-state index in [-0.39, 0.29) is 0 Å². The van der Waals surface area contributed by atoms with E-state index in [2.05, 4.69) is 31.2 Å². The van der Waals surface area contributed by atoms with E-state index < -0.39 is 0 Å². The van der Waals surface area contributed by atoms with Gasteiger partial charge in [0, 0.05) is 10.5 Å². The molecule has 0 saturated carbocycles. The lowest BCUT2D eigenvalue weighted by Crippen LogP contribution is -1.98. The molecule has 0 aliphatic heterocycles. The Morgan fingerprint density at radius 1 is 0.846 bits per heavy atom. The Kier molecular flexibility index (Phi) is 6.29. The molecule has 0 aliphatic rings. The molecule has 26 heavy (non-hydrogen) atoms. The number of hydrogen-bond donors (Lipinski definition) is 0. The molecule has 0 N–H and O–H groups in total. The van der Waals surface area contributed by atoms with Crippen LogP contribution >= 0.6 is 11.8 Å². The predicted molar refractivity (Wildman–Crippen MR) is 111 cm³/mol. The summed E-state index contributed by atoms with van der Waals surface area (Å²) in [6, 6.07) is 28.1. The van der Waals surface area contributed by atoms with Crippen LogP contribution < -0.4 is 4.74 Å². The standard InChI is InChI=1S/C23H21NOS/c1-18-11-9-10-16-22(18)26-23(24-20-12-5-3-6-13-20)19(2)17-25-21-14-7-4-8-15-21/h3-17H,1-2H3/b19-17+,24-23?. The maximum Gasteiger partial charge on any atom is 0.126 e. The molecule has 0 unspecified atom stereocenters. The van der Waals surface area contributed by atoms with Crippen LogP contribution in [0.1, 0.15) is 12.5 Å². The van der Waals surface area contributed by atoms with Gasteiger partial charge in [-0.25, -0.2) is 4.99 Å². The predicted octanol–water partition coefficient (Wildman–Crippen LogP) is 6.80. The van der Waals surface area contributed by atoms with Crippen LogP contribution in [0.15, 0.2) is 107 Å². The molecule has 0 aliphatic carbocycles. The molecular formula is C23H21NOS. The first-order valence-corrected chi connectivity index (χ1v) is 9.30. The molecular weight excluding hydrogens is 338 g/mol. The van der Waals surface area contributed by atoms with E-state index in [9.17, 15) is 0 Å². The van der Waals surface area contributed by atoms with E-state index in [1.807, 2.05) is 67.6 Å². The summed E-state index contributed by atoms with van der Waals surface area (Å²) in [6.07, 6.45) is 1.77. The zero-order chi connectivity index (χ0) is 18.2. The molecule has 0 spiro atoms. The van der Waals surface area contributed by atoms with Crippen molar-refractivity contribution in [3.05, 3.63) is 102 Å². The quantitative estimate of drug-likeness (QED) is 0.216. The Hall–Kier alpha value is -2.78. The fraction of sp³-hybridized carbons (Fsp3) is 0.0870. The summed E-state index contributed by atoms with van der Waals surface area (Å²) >= 11 is 1.66. The Morgan fingerprint density at radius 3 is 2.15 bits per heavy atom. The van der Waals surface area contributed by atoms with Crippen LogP contribution in [0.25, 0.3) is 0 Å². The van der Waals surface area contributed by atoms with E-state index in [1.165, 1.54) is 10.5 Å². The molecule has 0 amide bonds. The molecule has 0 atom stereocenters. The minimum absolute atomic E-state index is 0.812. The average Bonchev–Trinajstić information content (AvgIpc) is 2.69. The summed E-state index contributed by atoms with van der Waals surface area (Å²) in [5, 5.41) is 0.918. The lowest BCUT2D eigenvalue weighted by atomic mass is 10.2. The van der Waals surface area contributed by atoms with Crippen molar-refractivity contribution in [2.75, 3.05) is 0 Å². The number of nitrogens with zero attached hydrogens (tertiary/aromatic N) is 1. The van der Waals surface area contributed by atoms with Crippen LogP contribution in [-0.2, 0) is 0 Å². The van der Waals surface area contributed by atoms with Crippen molar-refractivity contribution in [1.82, 2.24) is 0 Å². The van der Waals surface area contributed by atoms with E-state index in [0.717, 1.165) is 22.1 Å². The maximum atomic E-state index is 5.80. The topological polar surface area (TPSA) is 21.6 Å². The summed E-state index contributed by atoms with van der Waals surface area (Å²) < 4.78 is 5.80. The summed E-state index contributed by atoms with van der Waals surface area (Å²) in [6.45, 7) is 4.14. The highest BCUT2D eigenvalue weighted by Crippen LogP contribution is 2.29. The molecule has 0 aromatic heterocycles. The monoisotopic (exact) mass is 359 g/mol. The Balaban J connectivity index is 1.89. The van der Waals surface area contributed by atoms with Gasteiger partial charge in [0.2, 0.25) is 0 Å². The third-order valence-electron chi connectivity index (χ3n) is 3.74. The number of thioether (sulfide) groups is 1. The Bertz CT molecular complexity index is 902. The molecule has 0 heterocycles. The fourth-order valence-corrected chi connectivity index (χ4v) is 3.24. The largest absolute Gasteiger partial charge is 0.465 e. The molecule has 0 bridgehead atoms. The second-order valence-corrected chi connectivity index (χ2v) is 6.88. The first-order valence-electron chi connectivity index (χ1n) is 8.48. The zero-order valence-corrected chi connectivity index (χ0v) is 15.7. The van der Waals surface area contributed by atoms with Crippen LogP contribution in [0.3, 0.4) is 0 Å². The summed E-state index contributed by atoms with van der Waals surface area (Å²) in [7, 11) is 0. The fourth-order valence-electron chi connectivity index (χ4n) is 2.29. The Labute approximate surface area is 159 Å². The van der Waals surface area contributed by atoms with Crippen molar-refractivity contribution in [2.45, 2.75) is 18.7 Å². The van der Waals surface area contributed by atoms with Crippen LogP contribution in [-0.4, -0.2) is 5.04 Å². The Morgan fingerprint density at radius 2 is 1.46 bits per heavy atom. The number of aryl methyl sites for hydroxylation is 1. The van der Waals surface area contributed by atoms with E-state index >= 15 is 0 Å². The van der Waals surface area contributed by atoms with Crippen molar-refractivity contribution < 1.29 is 4.74 Å². The molecule has 2 nitrogen and oxygen atoms in total. The van der Waals surface area contributed by atoms with Gasteiger partial charge < -0.3 is 4.74 Å². The van der Waals surface area contributed by atoms with Gasteiger partial charge in [-0.3, -0.25) is 0 Å². The van der Waals surface area contributed by atoms with Gasteiger partial charge in [-0.1, -0.05) is 66.4 Å². The maximum absolute atomic E-state index is 5.80. The van der Waals surface area contributed by atoms with Gasteiger partial charge in [-0.2, -0.15) is 0 Å². The molecule has 0 fully saturated rings. The van der Waals surface area contributed by atoms with Crippen LogP contribution in [0, 0.1) is 6.92 Å². The highest BCUT2D eigenvalue weighted by molar-refractivity contribution is 8.14. The minimum atomic E-state index is 0.812. The number of hydrogen-bond acceptors (Lipinski definition) is 3. The molecule has 3 aromatic carbocycles. The SMILES string of the molecule is C/C(=C\Oc1ccccc1)C(=Nc1ccccc1)Sc1ccccc1C. The average molecular weight is 359 g/mol. The molecule has 130 valence electrons. The van der Waals surface area contributed by atoms with Gasteiger partial charge in [0.05, 0.1) is 11.9 Å². The van der Waals surface area contributed by atoms with Gasteiger partial charge in [-0.05, 0) is 49.7 Å². The van der Waals surface area contributed by atoms with Gasteiger partial charge in [0.25, 0.3) is 0 Å². The van der Waals surface area contributed by atoms with E-state index in [4.69, 9.17) is 9.73 Å². The van der Waals surface area contributed by atoms with Crippen LogP contribution in [0.4, 0.5) is 5.69 Å². The molecule has 0 saturated heterocycles. The van der Waals surface area contributed by atoms with Crippen molar-refractivity contribution in [2.24, 2.45) is 4.99 Å². The minimum Gasteiger partial charge on any atom is -0.465 e. The second-order valence-electron chi connectivity index (χ2n) is 5.85. The van der Waals surface area contributed by atoms with Gasteiger partial charge >= 0.3 is 0 Å². The third-order valence-corrected chi connectivity index (χ3v) is 5.02. The first-order chi connectivity index (χ1) is 12.7. The van der Waals surface area contributed by atoms with Crippen molar-refractivity contribution in [3.63, 3.8) is 0 Å². The number of benzene rings is 3. The smallest absolute Gasteiger partial charge is 0.126 e. The number of ether oxygens (including phenoxy) is 1. The summed E-state index contributed by atoms with van der Waals surface area (Å²) in [5.41, 5.74) is 3.14. The van der Waals surface area contributed by atoms with Gasteiger partial charge in [0.1, 0.15) is 10.8 Å². The molecule has 3 rings (SSSR count). The summed E-state index contributed by atoms with van der Waals surface area (Å²) in [4.78, 5) is 6.03. The van der Waals surface area contributed by atoms with Crippen molar-refractivity contribution >= 4 is 22.5 Å². The zero-order valence-electron chi connectivity index (χ0n) is 14.9. The highest BCUT2D eigenvalue weighted by atomic mass is 32.2. The van der Waals surface area contributed by atoms with Crippen LogP contribution in [0.2, 0.25) is 0 Å². The van der Waals surface area contributed by atoms with Crippen LogP contribution in [0.5, 0.6) is 5.75 Å².